The van der Waals surface area contributed by atoms with Crippen LogP contribution in [-0.2, 0) is 24.2 Å². The van der Waals surface area contributed by atoms with Gasteiger partial charge in [-0.1, -0.05) is 19.9 Å². The molecule has 1 fully saturated rings. The number of piperazine rings is 1. The maximum Gasteiger partial charge on any atom is 0.240 e. The third kappa shape index (κ3) is 5.52. The zero-order valence-electron chi connectivity index (χ0n) is 25.0. The number of phenols is 1. The quantitative estimate of drug-likeness (QED) is 0.247. The number of hydrogen-bond acceptors (Lipinski definition) is 7. The van der Waals surface area contributed by atoms with Crippen LogP contribution >= 0.6 is 0 Å². The van der Waals surface area contributed by atoms with Gasteiger partial charge in [0, 0.05) is 50.6 Å². The highest BCUT2D eigenvalue weighted by molar-refractivity contribution is 5.94. The summed E-state index contributed by atoms with van der Waals surface area (Å²) in [5, 5.41) is 27.8. The van der Waals surface area contributed by atoms with Crippen molar-refractivity contribution in [1.29, 1.82) is 0 Å². The number of carbonyl (C=O) groups is 1. The van der Waals surface area contributed by atoms with Gasteiger partial charge in [-0.15, -0.1) is 0 Å². The second kappa shape index (κ2) is 12.1. The predicted octanol–water partition coefficient (Wildman–Crippen LogP) is 3.69. The van der Waals surface area contributed by atoms with Crippen molar-refractivity contribution < 1.29 is 19.4 Å². The number of rotatable bonds is 8. The van der Waals surface area contributed by atoms with Crippen molar-refractivity contribution >= 4 is 16.8 Å². The van der Waals surface area contributed by atoms with Gasteiger partial charge in [-0.25, -0.2) is 9.37 Å². The second-order valence-electron chi connectivity index (χ2n) is 11.8. The Kier molecular flexibility index (Phi) is 8.21. The lowest BCUT2D eigenvalue weighted by Crippen LogP contribution is -2.60. The third-order valence-corrected chi connectivity index (χ3v) is 8.91. The molecule has 1 amide bonds. The molecule has 4 N–H and O–H groups in total. The number of β-amino-alcohol motifs (C(OH)–C–C–N with tert-alkyl or cyclic N) is 1. The number of hydrogen-bond donors (Lipinski definition) is 4. The zero-order valence-corrected chi connectivity index (χ0v) is 25.0. The molecule has 2 aromatic carbocycles. The molecule has 1 saturated heterocycles. The Morgan fingerprint density at radius 2 is 2.00 bits per heavy atom. The van der Waals surface area contributed by atoms with Gasteiger partial charge in [0.05, 0.1) is 29.6 Å². The number of imidazole rings is 1. The monoisotopic (exact) mass is 589 g/mol. The number of nitrogens with one attached hydrogen (secondary N) is 2. The molecule has 0 bridgehead atoms. The molecule has 4 aromatic rings. The Balaban J connectivity index is 1.26. The first kappa shape index (κ1) is 29.3. The van der Waals surface area contributed by atoms with Crippen LogP contribution < -0.4 is 0 Å². The van der Waals surface area contributed by atoms with E-state index >= 15 is 0 Å². The van der Waals surface area contributed by atoms with E-state index in [1.807, 2.05) is 30.0 Å². The number of carbonyl (C=O) groups excluding carboxylic acids is 1. The molecule has 2 aliphatic heterocycles. The van der Waals surface area contributed by atoms with Crippen LogP contribution in [0.5, 0.6) is 5.75 Å². The van der Waals surface area contributed by atoms with E-state index in [1.54, 1.807) is 0 Å². The SMILES string of the molecule is CCCN1Cc2[nH]c(-c3n[nH]c4cc(-c5cc(F)c(O)cc5CC)ccc34)nc2C[C@H]1C(=O)N1CCN(CCO)C[C@H]1C. The van der Waals surface area contributed by atoms with Gasteiger partial charge in [0.2, 0.25) is 5.91 Å². The Hall–Kier alpha value is -3.80. The number of aromatic hydroxyl groups is 1. The molecule has 0 spiro atoms. The molecule has 10 nitrogen and oxygen atoms in total. The fourth-order valence-electron chi connectivity index (χ4n) is 6.68. The summed E-state index contributed by atoms with van der Waals surface area (Å²) in [6.07, 6.45) is 2.13. The molecule has 228 valence electrons. The minimum Gasteiger partial charge on any atom is -0.505 e. The van der Waals surface area contributed by atoms with Crippen LogP contribution in [0.15, 0.2) is 30.3 Å². The minimum absolute atomic E-state index is 0.0826. The number of nitrogens with zero attached hydrogens (tertiary/aromatic N) is 5. The largest absolute Gasteiger partial charge is 0.505 e. The van der Waals surface area contributed by atoms with Gasteiger partial charge in [-0.2, -0.15) is 5.10 Å². The standard InChI is InChI=1S/C32H40FN7O3/c1-4-8-39-18-27-26(16-28(39)32(43)40-10-9-38(11-12-41)17-19(40)3)34-31(35-27)30-22-7-6-21(13-25(22)36-37-30)23-15-24(33)29(42)14-20(23)5-2/h6-7,13-15,19,28,41-42H,4-5,8-12,16-18H2,1-3H3,(H,34,35)(H,36,37)/t19-,28+/m1/s1. The lowest BCUT2D eigenvalue weighted by molar-refractivity contribution is -0.142. The van der Waals surface area contributed by atoms with Crippen LogP contribution in [-0.4, -0.2) is 102 Å². The molecule has 11 heteroatoms. The Bertz CT molecular complexity index is 1630. The van der Waals surface area contributed by atoms with E-state index in [0.717, 1.165) is 65.0 Å². The first-order valence-corrected chi connectivity index (χ1v) is 15.3. The van der Waals surface area contributed by atoms with Crippen LogP contribution in [0.3, 0.4) is 0 Å². The van der Waals surface area contributed by atoms with E-state index in [4.69, 9.17) is 4.98 Å². The molecule has 0 radical (unpaired) electrons. The number of aromatic amines is 2. The van der Waals surface area contributed by atoms with E-state index in [-0.39, 0.29) is 30.3 Å². The number of aryl methyl sites for hydroxylation is 1. The number of aliphatic hydroxyl groups excluding tert-OH is 1. The van der Waals surface area contributed by atoms with Crippen molar-refractivity contribution in [2.45, 2.75) is 58.7 Å². The van der Waals surface area contributed by atoms with Gasteiger partial charge in [-0.05, 0) is 67.3 Å². The first-order valence-electron chi connectivity index (χ1n) is 15.3. The number of amides is 1. The first-order chi connectivity index (χ1) is 20.8. The number of halogens is 1. The lowest BCUT2D eigenvalue weighted by atomic mass is 9.96. The molecule has 0 aliphatic carbocycles. The lowest BCUT2D eigenvalue weighted by Gasteiger charge is -2.43. The van der Waals surface area contributed by atoms with Gasteiger partial charge in [0.25, 0.3) is 0 Å². The molecule has 2 aliphatic rings. The Morgan fingerprint density at radius 3 is 2.74 bits per heavy atom. The summed E-state index contributed by atoms with van der Waals surface area (Å²) in [5.74, 6) is -0.186. The minimum atomic E-state index is -0.647. The van der Waals surface area contributed by atoms with Gasteiger partial charge < -0.3 is 20.1 Å². The fourth-order valence-corrected chi connectivity index (χ4v) is 6.68. The molecule has 4 heterocycles. The van der Waals surface area contributed by atoms with E-state index < -0.39 is 5.82 Å². The highest BCUT2D eigenvalue weighted by atomic mass is 19.1. The van der Waals surface area contributed by atoms with Crippen LogP contribution in [0, 0.1) is 5.82 Å². The average molecular weight is 590 g/mol. The molecule has 6 rings (SSSR count). The van der Waals surface area contributed by atoms with Crippen molar-refractivity contribution in [3.05, 3.63) is 53.1 Å². The summed E-state index contributed by atoms with van der Waals surface area (Å²) in [6.45, 7) is 10.6. The summed E-state index contributed by atoms with van der Waals surface area (Å²) < 4.78 is 14.2. The van der Waals surface area contributed by atoms with Gasteiger partial charge in [-0.3, -0.25) is 19.7 Å². The molecular weight excluding hydrogens is 549 g/mol. The second-order valence-corrected chi connectivity index (χ2v) is 11.8. The van der Waals surface area contributed by atoms with Crippen molar-refractivity contribution in [1.82, 2.24) is 34.9 Å². The van der Waals surface area contributed by atoms with Gasteiger partial charge >= 0.3 is 0 Å². The number of aromatic nitrogens is 4. The highest BCUT2D eigenvalue weighted by Gasteiger charge is 2.38. The predicted molar refractivity (Wildman–Crippen MR) is 163 cm³/mol. The molecular formula is C32H40FN7O3. The molecule has 2 aromatic heterocycles. The number of aliphatic hydroxyl groups is 1. The highest BCUT2D eigenvalue weighted by Crippen LogP contribution is 2.34. The Labute approximate surface area is 250 Å². The van der Waals surface area contributed by atoms with Crippen molar-refractivity contribution in [3.63, 3.8) is 0 Å². The van der Waals surface area contributed by atoms with E-state index in [9.17, 15) is 19.4 Å². The van der Waals surface area contributed by atoms with Gasteiger partial charge in [0.1, 0.15) is 5.69 Å². The number of H-pyrrole nitrogens is 2. The fraction of sp³-hybridized carbons (Fsp3) is 0.469. The van der Waals surface area contributed by atoms with Crippen molar-refractivity contribution in [3.8, 4) is 28.4 Å². The van der Waals surface area contributed by atoms with Crippen LogP contribution in [0.2, 0.25) is 0 Å². The van der Waals surface area contributed by atoms with Crippen molar-refractivity contribution in [2.75, 3.05) is 39.3 Å². The summed E-state index contributed by atoms with van der Waals surface area (Å²) in [7, 11) is 0. The maximum absolute atomic E-state index is 14.2. The van der Waals surface area contributed by atoms with Crippen molar-refractivity contribution in [2.24, 2.45) is 0 Å². The summed E-state index contributed by atoms with van der Waals surface area (Å²) in [4.78, 5) is 28.8. The molecule has 0 saturated carbocycles. The summed E-state index contributed by atoms with van der Waals surface area (Å²) in [5.41, 5.74) is 5.83. The third-order valence-electron chi connectivity index (χ3n) is 8.91. The number of benzene rings is 2. The average Bonchev–Trinajstić information content (AvgIpc) is 3.61. The molecule has 2 atom stereocenters. The number of fused-ring (bicyclic) bond motifs is 2. The van der Waals surface area contributed by atoms with E-state index in [0.29, 0.717) is 44.0 Å². The van der Waals surface area contributed by atoms with E-state index in [1.165, 1.54) is 12.1 Å². The topological polar surface area (TPSA) is 125 Å². The van der Waals surface area contributed by atoms with Gasteiger partial charge in [0.15, 0.2) is 17.4 Å². The molecule has 0 unspecified atom stereocenters. The zero-order chi connectivity index (χ0) is 30.2. The summed E-state index contributed by atoms with van der Waals surface area (Å²) >= 11 is 0. The maximum atomic E-state index is 14.2. The van der Waals surface area contributed by atoms with E-state index in [2.05, 4.69) is 38.8 Å². The number of phenolic OH excluding ortho intramolecular Hbond substituents is 1. The molecule has 43 heavy (non-hydrogen) atoms. The van der Waals surface area contributed by atoms with Crippen LogP contribution in [0.25, 0.3) is 33.5 Å². The van der Waals surface area contributed by atoms with Crippen LogP contribution in [0.4, 0.5) is 4.39 Å². The Morgan fingerprint density at radius 1 is 1.16 bits per heavy atom. The van der Waals surface area contributed by atoms with Crippen LogP contribution in [0.1, 0.15) is 44.1 Å². The normalized spacial score (nSPS) is 19.7. The smallest absolute Gasteiger partial charge is 0.240 e. The summed E-state index contributed by atoms with van der Waals surface area (Å²) in [6, 6.07) is 8.52.